The van der Waals surface area contributed by atoms with E-state index in [-0.39, 0.29) is 36.6 Å². The van der Waals surface area contributed by atoms with Gasteiger partial charge in [0.25, 0.3) is 0 Å². The van der Waals surface area contributed by atoms with E-state index in [9.17, 15) is 0 Å². The summed E-state index contributed by atoms with van der Waals surface area (Å²) in [7, 11) is 0. The van der Waals surface area contributed by atoms with E-state index in [1.165, 1.54) is 16.3 Å². The van der Waals surface area contributed by atoms with Crippen LogP contribution >= 0.6 is 0 Å². The Bertz CT molecular complexity index is 989. The summed E-state index contributed by atoms with van der Waals surface area (Å²) in [6.45, 7) is 5.35. The van der Waals surface area contributed by atoms with Crippen molar-refractivity contribution in [3.63, 3.8) is 0 Å². The van der Waals surface area contributed by atoms with Gasteiger partial charge in [0.05, 0.1) is 25.4 Å². The Kier molecular flexibility index (Phi) is 5.57. The molecule has 0 bridgehead atoms. The lowest BCUT2D eigenvalue weighted by atomic mass is 9.88. The van der Waals surface area contributed by atoms with E-state index in [4.69, 9.17) is 18.9 Å². The standard InChI is InChI=1S/C26H28O4/c1-17-18(2)29-23-16-28-26(21-9-4-3-5-10-21)30-25(23)24(17)27-15-19-12-13-20-8-6-7-11-22(20)14-19/h3-14,17-18,23-26H,15-16H2,1-2H3. The van der Waals surface area contributed by atoms with Crippen molar-refractivity contribution in [2.45, 2.75) is 51.2 Å². The Balaban J connectivity index is 1.34. The lowest BCUT2D eigenvalue weighted by Gasteiger charge is -2.48. The average molecular weight is 405 g/mol. The Hall–Kier alpha value is -2.24. The molecule has 5 rings (SSSR count). The van der Waals surface area contributed by atoms with Gasteiger partial charge in [-0.25, -0.2) is 0 Å². The molecule has 2 heterocycles. The lowest BCUT2D eigenvalue weighted by Crippen LogP contribution is -2.58. The van der Waals surface area contributed by atoms with E-state index in [2.05, 4.69) is 56.3 Å². The molecule has 3 aromatic rings. The molecule has 156 valence electrons. The highest BCUT2D eigenvalue weighted by atomic mass is 16.7. The molecule has 2 saturated heterocycles. The maximum absolute atomic E-state index is 6.49. The molecule has 0 radical (unpaired) electrons. The second-order valence-corrected chi connectivity index (χ2v) is 8.37. The minimum Gasteiger partial charge on any atom is -0.370 e. The Labute approximate surface area is 177 Å². The maximum atomic E-state index is 6.49. The van der Waals surface area contributed by atoms with E-state index >= 15 is 0 Å². The topological polar surface area (TPSA) is 36.9 Å². The molecule has 30 heavy (non-hydrogen) atoms. The molecule has 6 atom stereocenters. The van der Waals surface area contributed by atoms with Crippen molar-refractivity contribution in [3.05, 3.63) is 83.9 Å². The number of fused-ring (bicyclic) bond motifs is 2. The molecule has 0 spiro atoms. The summed E-state index contributed by atoms with van der Waals surface area (Å²) in [4.78, 5) is 0. The Morgan fingerprint density at radius 2 is 1.63 bits per heavy atom. The fraction of sp³-hybridized carbons (Fsp3) is 0.385. The van der Waals surface area contributed by atoms with Crippen LogP contribution in [0.15, 0.2) is 72.8 Å². The zero-order valence-corrected chi connectivity index (χ0v) is 17.4. The van der Waals surface area contributed by atoms with Crippen LogP contribution in [-0.2, 0) is 25.6 Å². The van der Waals surface area contributed by atoms with Crippen LogP contribution in [0, 0.1) is 5.92 Å². The predicted molar refractivity (Wildman–Crippen MR) is 116 cm³/mol. The Morgan fingerprint density at radius 1 is 0.867 bits per heavy atom. The fourth-order valence-electron chi connectivity index (χ4n) is 4.47. The monoisotopic (exact) mass is 404 g/mol. The van der Waals surface area contributed by atoms with Gasteiger partial charge in [0.2, 0.25) is 0 Å². The zero-order valence-electron chi connectivity index (χ0n) is 17.4. The molecule has 0 N–H and O–H groups in total. The zero-order chi connectivity index (χ0) is 20.5. The molecule has 0 amide bonds. The normalized spacial score (nSPS) is 31.4. The van der Waals surface area contributed by atoms with Gasteiger partial charge in [0, 0.05) is 11.5 Å². The van der Waals surface area contributed by atoms with Crippen LogP contribution in [0.3, 0.4) is 0 Å². The molecular weight excluding hydrogens is 376 g/mol. The number of benzene rings is 3. The van der Waals surface area contributed by atoms with E-state index in [0.29, 0.717) is 13.2 Å². The van der Waals surface area contributed by atoms with Crippen molar-refractivity contribution in [3.8, 4) is 0 Å². The maximum Gasteiger partial charge on any atom is 0.184 e. The summed E-state index contributed by atoms with van der Waals surface area (Å²) in [6, 6.07) is 25.0. The molecule has 4 nitrogen and oxygen atoms in total. The molecule has 2 aliphatic rings. The van der Waals surface area contributed by atoms with Gasteiger partial charge in [0.1, 0.15) is 12.2 Å². The number of ether oxygens (including phenoxy) is 4. The molecule has 0 saturated carbocycles. The van der Waals surface area contributed by atoms with Crippen molar-refractivity contribution in [1.29, 1.82) is 0 Å². The predicted octanol–water partition coefficient (Wildman–Crippen LogP) is 5.26. The number of hydrogen-bond donors (Lipinski definition) is 0. The molecule has 0 aromatic heterocycles. The molecule has 4 heteroatoms. The minimum atomic E-state index is -0.386. The third-order valence-electron chi connectivity index (χ3n) is 6.36. The largest absolute Gasteiger partial charge is 0.370 e. The summed E-state index contributed by atoms with van der Waals surface area (Å²) in [5.74, 6) is 0.223. The first-order valence-corrected chi connectivity index (χ1v) is 10.8. The smallest absolute Gasteiger partial charge is 0.184 e. The highest BCUT2D eigenvalue weighted by Crippen LogP contribution is 2.37. The highest BCUT2D eigenvalue weighted by Gasteiger charge is 2.47. The highest BCUT2D eigenvalue weighted by molar-refractivity contribution is 5.82. The van der Waals surface area contributed by atoms with Crippen LogP contribution in [0.2, 0.25) is 0 Å². The van der Waals surface area contributed by atoms with Gasteiger partial charge in [-0.05, 0) is 29.3 Å². The average Bonchev–Trinajstić information content (AvgIpc) is 2.79. The quantitative estimate of drug-likeness (QED) is 0.594. The summed E-state index contributed by atoms with van der Waals surface area (Å²) in [6.07, 6.45) is -0.620. The first kappa shape index (κ1) is 19.7. The van der Waals surface area contributed by atoms with Crippen LogP contribution in [-0.4, -0.2) is 31.0 Å². The van der Waals surface area contributed by atoms with E-state index in [1.54, 1.807) is 0 Å². The summed E-state index contributed by atoms with van der Waals surface area (Å²) >= 11 is 0. The van der Waals surface area contributed by atoms with Gasteiger partial charge in [-0.15, -0.1) is 0 Å². The molecule has 0 aliphatic carbocycles. The molecule has 6 unspecified atom stereocenters. The van der Waals surface area contributed by atoms with Crippen molar-refractivity contribution in [1.82, 2.24) is 0 Å². The van der Waals surface area contributed by atoms with Gasteiger partial charge in [-0.3, -0.25) is 0 Å². The molecule has 2 fully saturated rings. The minimum absolute atomic E-state index is 0.0552. The summed E-state index contributed by atoms with van der Waals surface area (Å²) in [5.41, 5.74) is 2.19. The van der Waals surface area contributed by atoms with Gasteiger partial charge in [0.15, 0.2) is 6.29 Å². The van der Waals surface area contributed by atoms with E-state index < -0.39 is 0 Å². The van der Waals surface area contributed by atoms with Gasteiger partial charge < -0.3 is 18.9 Å². The lowest BCUT2D eigenvalue weighted by molar-refractivity contribution is -0.325. The summed E-state index contributed by atoms with van der Waals surface area (Å²) < 4.78 is 25.1. The molecule has 2 aliphatic heterocycles. The van der Waals surface area contributed by atoms with Crippen LogP contribution < -0.4 is 0 Å². The van der Waals surface area contributed by atoms with Crippen LogP contribution in [0.1, 0.15) is 31.3 Å². The number of hydrogen-bond acceptors (Lipinski definition) is 4. The van der Waals surface area contributed by atoms with Gasteiger partial charge in [-0.1, -0.05) is 73.7 Å². The van der Waals surface area contributed by atoms with E-state index in [1.807, 2.05) is 30.3 Å². The number of rotatable bonds is 4. The second kappa shape index (κ2) is 8.48. The third kappa shape index (κ3) is 3.88. The van der Waals surface area contributed by atoms with Crippen LogP contribution in [0.25, 0.3) is 10.8 Å². The van der Waals surface area contributed by atoms with Crippen molar-refractivity contribution < 1.29 is 18.9 Å². The van der Waals surface area contributed by atoms with Crippen molar-refractivity contribution in [2.75, 3.05) is 6.61 Å². The van der Waals surface area contributed by atoms with Gasteiger partial charge >= 0.3 is 0 Å². The van der Waals surface area contributed by atoms with E-state index in [0.717, 1.165) is 5.56 Å². The molecule has 3 aromatic carbocycles. The van der Waals surface area contributed by atoms with Crippen molar-refractivity contribution in [2.24, 2.45) is 5.92 Å². The second-order valence-electron chi connectivity index (χ2n) is 8.37. The third-order valence-corrected chi connectivity index (χ3v) is 6.36. The van der Waals surface area contributed by atoms with Gasteiger partial charge in [-0.2, -0.15) is 0 Å². The molecular formula is C26H28O4. The Morgan fingerprint density at radius 3 is 2.47 bits per heavy atom. The summed E-state index contributed by atoms with van der Waals surface area (Å²) in [5, 5.41) is 2.48. The van der Waals surface area contributed by atoms with Crippen molar-refractivity contribution >= 4 is 10.8 Å². The van der Waals surface area contributed by atoms with Crippen LogP contribution in [0.5, 0.6) is 0 Å². The first-order chi connectivity index (χ1) is 14.7. The first-order valence-electron chi connectivity index (χ1n) is 10.8. The fourth-order valence-corrected chi connectivity index (χ4v) is 4.47. The van der Waals surface area contributed by atoms with Crippen LogP contribution in [0.4, 0.5) is 0 Å². The SMILES string of the molecule is CC1OC2COC(c3ccccc3)OC2C(OCc2ccc3ccccc3c2)C1C.